The fraction of sp³-hybridized carbons (Fsp3) is 0.171. The molecule has 1 aliphatic carbocycles. The normalized spacial score (nSPS) is 18.3. The molecule has 0 aromatic heterocycles. The molecule has 0 bridgehead atoms. The van der Waals surface area contributed by atoms with E-state index in [1.807, 2.05) is 111 Å². The zero-order valence-corrected chi connectivity index (χ0v) is 22.0. The quantitative estimate of drug-likeness (QED) is 0.237. The minimum Gasteiger partial charge on any atom is -0.497 e. The molecule has 5 rings (SSSR count). The molecule has 0 unspecified atom stereocenters. The van der Waals surface area contributed by atoms with Gasteiger partial charge in [-0.25, -0.2) is 0 Å². The van der Waals surface area contributed by atoms with Gasteiger partial charge < -0.3 is 9.47 Å². The molecule has 3 heteroatoms. The van der Waals surface area contributed by atoms with Gasteiger partial charge in [-0.3, -0.25) is 4.79 Å². The van der Waals surface area contributed by atoms with Crippen LogP contribution in [0.1, 0.15) is 36.1 Å². The Morgan fingerprint density at radius 3 is 1.53 bits per heavy atom. The molecule has 0 radical (unpaired) electrons. The molecule has 0 saturated carbocycles. The number of methoxy groups -OCH3 is 1. The van der Waals surface area contributed by atoms with Gasteiger partial charge in [0.25, 0.3) is 0 Å². The van der Waals surface area contributed by atoms with Crippen molar-refractivity contribution in [2.24, 2.45) is 0 Å². The van der Waals surface area contributed by atoms with Gasteiger partial charge in [0.1, 0.15) is 11.4 Å². The SMILES string of the molecule is COC1=C[C@](C)(c2ccccc2)C(=O)C([C@H](C)OC(c2ccccc2)(c2ccccc2)c2ccccc2)=C1. The van der Waals surface area contributed by atoms with Crippen LogP contribution in [0.25, 0.3) is 0 Å². The van der Waals surface area contributed by atoms with Crippen LogP contribution in [0.5, 0.6) is 0 Å². The molecule has 0 spiro atoms. The van der Waals surface area contributed by atoms with E-state index in [2.05, 4.69) is 36.4 Å². The highest BCUT2D eigenvalue weighted by Crippen LogP contribution is 2.44. The van der Waals surface area contributed by atoms with Crippen molar-refractivity contribution < 1.29 is 14.3 Å². The maximum absolute atomic E-state index is 14.2. The summed E-state index contributed by atoms with van der Waals surface area (Å²) in [4.78, 5) is 14.2. The van der Waals surface area contributed by atoms with Crippen LogP contribution < -0.4 is 0 Å². The van der Waals surface area contributed by atoms with Crippen molar-refractivity contribution >= 4 is 5.78 Å². The first kappa shape index (κ1) is 25.4. The van der Waals surface area contributed by atoms with Gasteiger partial charge in [-0.2, -0.15) is 0 Å². The second-order valence-corrected chi connectivity index (χ2v) is 9.79. The van der Waals surface area contributed by atoms with Crippen LogP contribution >= 0.6 is 0 Å². The summed E-state index contributed by atoms with van der Waals surface area (Å²) in [5.41, 5.74) is 2.63. The number of rotatable bonds is 8. The number of hydrogen-bond acceptors (Lipinski definition) is 3. The highest BCUT2D eigenvalue weighted by molar-refractivity contribution is 6.07. The van der Waals surface area contributed by atoms with Gasteiger partial charge in [-0.05, 0) is 48.3 Å². The Morgan fingerprint density at radius 2 is 1.11 bits per heavy atom. The summed E-state index contributed by atoms with van der Waals surface area (Å²) in [7, 11) is 1.63. The Kier molecular flexibility index (Phi) is 7.13. The highest BCUT2D eigenvalue weighted by Gasteiger charge is 2.44. The summed E-state index contributed by atoms with van der Waals surface area (Å²) in [5, 5.41) is 0. The van der Waals surface area contributed by atoms with Crippen molar-refractivity contribution in [3.8, 4) is 0 Å². The minimum absolute atomic E-state index is 0.0000787. The minimum atomic E-state index is -0.943. The molecule has 0 heterocycles. The summed E-state index contributed by atoms with van der Waals surface area (Å²) < 4.78 is 12.9. The van der Waals surface area contributed by atoms with Crippen molar-refractivity contribution in [2.75, 3.05) is 7.11 Å². The first-order valence-electron chi connectivity index (χ1n) is 12.9. The third kappa shape index (κ3) is 4.51. The Morgan fingerprint density at radius 1 is 0.684 bits per heavy atom. The number of hydrogen-bond donors (Lipinski definition) is 0. The number of allylic oxidation sites excluding steroid dienone is 2. The van der Waals surface area contributed by atoms with Gasteiger partial charge in [0.2, 0.25) is 0 Å². The van der Waals surface area contributed by atoms with Crippen LogP contribution in [0.4, 0.5) is 0 Å². The summed E-state index contributed by atoms with van der Waals surface area (Å²) in [6.45, 7) is 3.90. The van der Waals surface area contributed by atoms with Gasteiger partial charge in [0.05, 0.1) is 18.6 Å². The topological polar surface area (TPSA) is 35.5 Å². The second-order valence-electron chi connectivity index (χ2n) is 9.79. The Balaban J connectivity index is 1.66. The molecule has 38 heavy (non-hydrogen) atoms. The molecule has 4 aromatic carbocycles. The average molecular weight is 501 g/mol. The number of Topliss-reactive ketones (excluding diaryl/α,β-unsaturated/α-hetero) is 1. The Hall–Kier alpha value is -4.21. The van der Waals surface area contributed by atoms with Crippen LogP contribution in [0.3, 0.4) is 0 Å². The smallest absolute Gasteiger partial charge is 0.175 e. The molecule has 2 atom stereocenters. The zero-order valence-electron chi connectivity index (χ0n) is 22.0. The highest BCUT2D eigenvalue weighted by atomic mass is 16.5. The Labute approximate surface area is 225 Å². The standard InChI is InChI=1S/C35H32O3/c1-26(32-24-31(37-3)25-34(2,33(32)36)27-16-8-4-9-17-27)38-35(28-18-10-5-11-19-28,29-20-12-6-13-21-29)30-22-14-7-15-23-30/h4-26H,1-3H3/t26-,34+/m0/s1. The lowest BCUT2D eigenvalue weighted by atomic mass is 9.72. The maximum atomic E-state index is 14.2. The van der Waals surface area contributed by atoms with E-state index < -0.39 is 17.1 Å². The molecule has 0 saturated heterocycles. The molecule has 0 aliphatic heterocycles. The molecular weight excluding hydrogens is 468 g/mol. The van der Waals surface area contributed by atoms with Gasteiger partial charge in [0, 0.05) is 5.57 Å². The van der Waals surface area contributed by atoms with Crippen LogP contribution in [-0.4, -0.2) is 19.0 Å². The van der Waals surface area contributed by atoms with Crippen molar-refractivity contribution in [1.82, 2.24) is 0 Å². The van der Waals surface area contributed by atoms with Crippen molar-refractivity contribution in [3.05, 3.63) is 167 Å². The van der Waals surface area contributed by atoms with Crippen molar-refractivity contribution in [2.45, 2.75) is 31.0 Å². The largest absolute Gasteiger partial charge is 0.497 e. The molecule has 0 fully saturated rings. The number of ether oxygens (including phenoxy) is 2. The van der Waals surface area contributed by atoms with Crippen molar-refractivity contribution in [1.29, 1.82) is 0 Å². The predicted molar refractivity (Wildman–Crippen MR) is 152 cm³/mol. The van der Waals surface area contributed by atoms with Crippen LogP contribution in [-0.2, 0) is 25.3 Å². The first-order chi connectivity index (χ1) is 18.5. The summed E-state index contributed by atoms with van der Waals surface area (Å²) >= 11 is 0. The molecule has 190 valence electrons. The lowest BCUT2D eigenvalue weighted by molar-refractivity contribution is -0.121. The van der Waals surface area contributed by atoms with E-state index in [9.17, 15) is 4.79 Å². The van der Waals surface area contributed by atoms with Gasteiger partial charge in [0.15, 0.2) is 5.78 Å². The number of carbonyl (C=O) groups excluding carboxylic acids is 1. The molecule has 0 amide bonds. The summed E-state index contributed by atoms with van der Waals surface area (Å²) in [6.07, 6.45) is 3.17. The van der Waals surface area contributed by atoms with E-state index in [0.717, 1.165) is 22.3 Å². The van der Waals surface area contributed by atoms with E-state index >= 15 is 0 Å². The number of ketones is 1. The average Bonchev–Trinajstić information content (AvgIpc) is 2.99. The van der Waals surface area contributed by atoms with E-state index in [-0.39, 0.29) is 5.78 Å². The summed E-state index contributed by atoms with van der Waals surface area (Å²) in [6, 6.07) is 40.5. The van der Waals surface area contributed by atoms with E-state index in [1.165, 1.54) is 0 Å². The molecule has 1 aliphatic rings. The van der Waals surface area contributed by atoms with Gasteiger partial charge in [-0.1, -0.05) is 121 Å². The van der Waals surface area contributed by atoms with Crippen LogP contribution in [0, 0.1) is 0 Å². The first-order valence-corrected chi connectivity index (χ1v) is 12.9. The lowest BCUT2D eigenvalue weighted by Gasteiger charge is -2.40. The van der Waals surface area contributed by atoms with E-state index in [4.69, 9.17) is 9.47 Å². The lowest BCUT2D eigenvalue weighted by Crippen LogP contribution is -2.42. The van der Waals surface area contributed by atoms with Crippen molar-refractivity contribution in [3.63, 3.8) is 0 Å². The predicted octanol–water partition coefficient (Wildman–Crippen LogP) is 7.38. The fourth-order valence-corrected chi connectivity index (χ4v) is 5.38. The molecule has 4 aromatic rings. The van der Waals surface area contributed by atoms with Gasteiger partial charge >= 0.3 is 0 Å². The monoisotopic (exact) mass is 500 g/mol. The van der Waals surface area contributed by atoms with E-state index in [0.29, 0.717) is 11.3 Å². The third-order valence-electron chi connectivity index (χ3n) is 7.40. The molecule has 3 nitrogen and oxygen atoms in total. The zero-order chi connectivity index (χ0) is 26.6. The molecule has 0 N–H and O–H groups in total. The maximum Gasteiger partial charge on any atom is 0.175 e. The van der Waals surface area contributed by atoms with Crippen LogP contribution in [0.15, 0.2) is 145 Å². The van der Waals surface area contributed by atoms with Crippen LogP contribution in [0.2, 0.25) is 0 Å². The summed E-state index contributed by atoms with van der Waals surface area (Å²) in [5.74, 6) is 0.645. The van der Waals surface area contributed by atoms with Gasteiger partial charge in [-0.15, -0.1) is 0 Å². The number of carbonyl (C=O) groups is 1. The van der Waals surface area contributed by atoms with E-state index in [1.54, 1.807) is 7.11 Å². The third-order valence-corrected chi connectivity index (χ3v) is 7.40. The number of benzene rings is 4. The molecular formula is C35H32O3. The Bertz CT molecular complexity index is 1340. The fourth-order valence-electron chi connectivity index (χ4n) is 5.38. The second kappa shape index (κ2) is 10.6.